The van der Waals surface area contributed by atoms with Gasteiger partial charge in [-0.2, -0.15) is 0 Å². The predicted molar refractivity (Wildman–Crippen MR) is 155 cm³/mol. The van der Waals surface area contributed by atoms with Crippen LogP contribution >= 0.6 is 31.3 Å². The van der Waals surface area contributed by atoms with Gasteiger partial charge in [0.1, 0.15) is 18.3 Å². The van der Waals surface area contributed by atoms with Crippen molar-refractivity contribution in [2.75, 3.05) is 31.3 Å². The zero-order valence-corrected chi connectivity index (χ0v) is 26.6. The van der Waals surface area contributed by atoms with Gasteiger partial charge in [0, 0.05) is 27.9 Å². The Labute approximate surface area is 244 Å². The van der Waals surface area contributed by atoms with E-state index in [0.717, 1.165) is 23.5 Å². The summed E-state index contributed by atoms with van der Waals surface area (Å²) in [4.78, 5) is 35.3. The molecule has 1 aliphatic heterocycles. The number of nitrogens with two attached hydrogens (primary N) is 1. The number of carbonyl (C=O) groups excluding carboxylic acids is 3. The Morgan fingerprint density at radius 2 is 1.45 bits per heavy atom. The molecule has 40 heavy (non-hydrogen) atoms. The first-order valence-corrected chi connectivity index (χ1v) is 16.1. The highest BCUT2D eigenvalue weighted by atomic mass is 32.2. The molecule has 230 valence electrons. The molecule has 1 saturated heterocycles. The predicted octanol–water partition coefficient (Wildman–Crippen LogP) is 2.74. The van der Waals surface area contributed by atoms with E-state index in [1.165, 1.54) is 25.3 Å². The van der Waals surface area contributed by atoms with Crippen LogP contribution in [0.15, 0.2) is 23.9 Å². The summed E-state index contributed by atoms with van der Waals surface area (Å²) in [6, 6.07) is 0. The van der Waals surface area contributed by atoms with Gasteiger partial charge in [0.15, 0.2) is 16.5 Å². The van der Waals surface area contributed by atoms with Crippen LogP contribution in [-0.4, -0.2) is 82.2 Å². The molecule has 0 aromatic heterocycles. The molecule has 0 aromatic carbocycles. The van der Waals surface area contributed by atoms with Crippen molar-refractivity contribution in [2.45, 2.75) is 73.0 Å². The van der Waals surface area contributed by atoms with E-state index in [1.54, 1.807) is 41.5 Å². The fourth-order valence-electron chi connectivity index (χ4n) is 2.73. The third-order valence-corrected chi connectivity index (χ3v) is 9.16. The molecule has 0 saturated carbocycles. The second-order valence-corrected chi connectivity index (χ2v) is 14.8. The van der Waals surface area contributed by atoms with E-state index in [-0.39, 0.29) is 35.0 Å². The number of hydrogen-bond acceptors (Lipinski definition) is 13. The maximum atomic E-state index is 13.3. The number of phosphoric ester groups is 1. The monoisotopic (exact) mass is 626 g/mol. The van der Waals surface area contributed by atoms with E-state index in [4.69, 9.17) is 24.0 Å². The van der Waals surface area contributed by atoms with E-state index >= 15 is 0 Å². The minimum absolute atomic E-state index is 0.0609. The topological polar surface area (TPSA) is 184 Å². The molecule has 5 N–H and O–H groups in total. The number of rotatable bonds is 15. The Hall–Kier alpha value is -1.22. The number of thioether (sulfide) groups is 2. The van der Waals surface area contributed by atoms with Crippen molar-refractivity contribution < 1.29 is 47.5 Å². The number of nitrogens with one attached hydrogen (secondary N) is 1. The fraction of sp³-hybridized carbons (Fsp3) is 0.720. The molecular formula is C25H43N2O10PS2. The van der Waals surface area contributed by atoms with E-state index in [9.17, 15) is 29.2 Å². The Kier molecular flexibility index (Phi) is 15.1. The summed E-state index contributed by atoms with van der Waals surface area (Å²) < 4.78 is 35.2. The van der Waals surface area contributed by atoms with Crippen molar-refractivity contribution in [1.82, 2.24) is 5.32 Å². The standard InChI is InChI=1S/C25H43N2O10PS2/c1-16(20(26)30)9-8-10-27-21-19(29)18(28)17(37-21)15-36-38(33,34-11-13-39-22(31)24(2,3)4)35-12-14-40-23(32)25(5,6)7/h8-10,17-19,21,27-29H,11-15H2,1-7H3,(H2,26,30)/b10-8-,16-9+/t17-,18?,19?,21?/m1/s1. The highest BCUT2D eigenvalue weighted by Crippen LogP contribution is 2.50. The third kappa shape index (κ3) is 13.2. The smallest absolute Gasteiger partial charge is 0.387 e. The molecule has 3 unspecified atom stereocenters. The number of amides is 1. The average Bonchev–Trinajstić information content (AvgIpc) is 3.12. The molecule has 15 heteroatoms. The summed E-state index contributed by atoms with van der Waals surface area (Å²) in [5, 5.41) is 23.3. The number of aliphatic hydroxyl groups excluding tert-OH is 2. The van der Waals surface area contributed by atoms with Gasteiger partial charge in [0.05, 0.1) is 19.8 Å². The lowest BCUT2D eigenvalue weighted by atomic mass is 9.99. The van der Waals surface area contributed by atoms with Gasteiger partial charge in [-0.05, 0) is 19.2 Å². The SMILES string of the molecule is C/C(=C\C=C/NC1O[C@H](COP(=O)(OCCSC(=O)C(C)(C)C)OCCSC(=O)C(C)(C)C)C(O)C1O)C(N)=O. The highest BCUT2D eigenvalue weighted by molar-refractivity contribution is 8.14. The molecule has 4 atom stereocenters. The van der Waals surface area contributed by atoms with Gasteiger partial charge in [0.25, 0.3) is 0 Å². The second kappa shape index (κ2) is 16.4. The molecule has 0 radical (unpaired) electrons. The largest absolute Gasteiger partial charge is 0.474 e. The van der Waals surface area contributed by atoms with Crippen LogP contribution in [0.25, 0.3) is 0 Å². The molecule has 1 amide bonds. The van der Waals surface area contributed by atoms with Crippen molar-refractivity contribution >= 4 is 47.5 Å². The third-order valence-electron chi connectivity index (χ3n) is 5.21. The zero-order valence-electron chi connectivity index (χ0n) is 24.1. The zero-order chi connectivity index (χ0) is 30.7. The molecule has 12 nitrogen and oxygen atoms in total. The fourth-order valence-corrected chi connectivity index (χ4v) is 5.73. The highest BCUT2D eigenvalue weighted by Gasteiger charge is 2.44. The lowest BCUT2D eigenvalue weighted by Crippen LogP contribution is -2.38. The van der Waals surface area contributed by atoms with Crippen LogP contribution in [0.5, 0.6) is 0 Å². The Morgan fingerprint density at radius 1 is 0.950 bits per heavy atom. The average molecular weight is 627 g/mol. The summed E-state index contributed by atoms with van der Waals surface area (Å²) in [5.74, 6) is -0.178. The molecule has 1 heterocycles. The van der Waals surface area contributed by atoms with Crippen molar-refractivity contribution in [3.8, 4) is 0 Å². The number of allylic oxidation sites excluding steroid dienone is 2. The maximum absolute atomic E-state index is 13.3. The van der Waals surface area contributed by atoms with Gasteiger partial charge in [0.2, 0.25) is 5.91 Å². The summed E-state index contributed by atoms with van der Waals surface area (Å²) in [5.41, 5.74) is 4.37. The van der Waals surface area contributed by atoms with E-state index < -0.39 is 55.7 Å². The van der Waals surface area contributed by atoms with Crippen molar-refractivity contribution in [3.05, 3.63) is 23.9 Å². The van der Waals surface area contributed by atoms with Crippen molar-refractivity contribution in [1.29, 1.82) is 0 Å². The minimum atomic E-state index is -4.19. The quantitative estimate of drug-likeness (QED) is 0.0901. The van der Waals surface area contributed by atoms with Gasteiger partial charge in [-0.3, -0.25) is 28.0 Å². The second-order valence-electron chi connectivity index (χ2n) is 11.0. The lowest BCUT2D eigenvalue weighted by molar-refractivity contribution is -0.118. The summed E-state index contributed by atoms with van der Waals surface area (Å²) in [7, 11) is -4.19. The number of phosphoric acid groups is 1. The summed E-state index contributed by atoms with van der Waals surface area (Å²) in [6.07, 6.45) is -0.504. The van der Waals surface area contributed by atoms with Crippen molar-refractivity contribution in [3.63, 3.8) is 0 Å². The number of aliphatic hydroxyl groups is 2. The van der Waals surface area contributed by atoms with Crippen LogP contribution in [0.3, 0.4) is 0 Å². The lowest BCUT2D eigenvalue weighted by Gasteiger charge is -2.21. The molecular weight excluding hydrogens is 583 g/mol. The minimum Gasteiger partial charge on any atom is -0.387 e. The molecule has 1 rings (SSSR count). The van der Waals surface area contributed by atoms with Gasteiger partial charge < -0.3 is 26.0 Å². The van der Waals surface area contributed by atoms with Crippen LogP contribution in [-0.2, 0) is 37.3 Å². The van der Waals surface area contributed by atoms with Gasteiger partial charge in [-0.25, -0.2) is 4.57 Å². The number of hydrogen-bond donors (Lipinski definition) is 4. The molecule has 0 bridgehead atoms. The van der Waals surface area contributed by atoms with Gasteiger partial charge in [-0.1, -0.05) is 71.1 Å². The van der Waals surface area contributed by atoms with Crippen LogP contribution in [0.2, 0.25) is 0 Å². The molecule has 0 aliphatic carbocycles. The Morgan fingerprint density at radius 3 is 1.90 bits per heavy atom. The first-order valence-electron chi connectivity index (χ1n) is 12.7. The normalized spacial score (nSPS) is 22.6. The summed E-state index contributed by atoms with van der Waals surface area (Å²) in [6.45, 7) is 11.6. The number of primary amides is 1. The Bertz CT molecular complexity index is 940. The van der Waals surface area contributed by atoms with Gasteiger partial charge >= 0.3 is 7.82 Å². The number of ether oxygens (including phenoxy) is 1. The first-order chi connectivity index (χ1) is 18.4. The van der Waals surface area contributed by atoms with E-state index in [0.29, 0.717) is 5.57 Å². The van der Waals surface area contributed by atoms with Gasteiger partial charge in [-0.15, -0.1) is 0 Å². The van der Waals surface area contributed by atoms with E-state index in [1.807, 2.05) is 0 Å². The Balaban J connectivity index is 2.76. The molecule has 1 fully saturated rings. The van der Waals surface area contributed by atoms with Crippen LogP contribution in [0, 0.1) is 10.8 Å². The molecule has 1 aliphatic rings. The maximum Gasteiger partial charge on any atom is 0.474 e. The van der Waals surface area contributed by atoms with Crippen LogP contribution in [0.4, 0.5) is 0 Å². The molecule has 0 aromatic rings. The summed E-state index contributed by atoms with van der Waals surface area (Å²) >= 11 is 2.06. The number of carbonyl (C=O) groups is 3. The molecule has 0 spiro atoms. The van der Waals surface area contributed by atoms with Crippen molar-refractivity contribution in [2.24, 2.45) is 16.6 Å². The van der Waals surface area contributed by atoms with E-state index in [2.05, 4.69) is 5.32 Å². The first kappa shape index (κ1) is 36.8. The van der Waals surface area contributed by atoms with Crippen LogP contribution < -0.4 is 11.1 Å². The van der Waals surface area contributed by atoms with Crippen LogP contribution in [0.1, 0.15) is 48.5 Å².